The molecule has 0 atom stereocenters. The number of hydrogen-bond acceptors (Lipinski definition) is 1. The highest BCUT2D eigenvalue weighted by Gasteiger charge is 2.04. The topological polar surface area (TPSA) is 23.8 Å². The zero-order chi connectivity index (χ0) is 9.14. The van der Waals surface area contributed by atoms with Gasteiger partial charge in [0, 0.05) is 8.90 Å². The van der Waals surface area contributed by atoms with Crippen molar-refractivity contribution >= 4 is 50.1 Å². The van der Waals surface area contributed by atoms with Gasteiger partial charge in [0.15, 0.2) is 0 Å². The van der Waals surface area contributed by atoms with Crippen LogP contribution >= 0.6 is 50.1 Å². The molecule has 0 heterocycles. The van der Waals surface area contributed by atoms with Crippen LogP contribution in [-0.4, -0.2) is 0 Å². The van der Waals surface area contributed by atoms with E-state index >= 15 is 0 Å². The summed E-state index contributed by atoms with van der Waals surface area (Å²) in [6.07, 6.45) is 0. The molecule has 0 N–H and O–H groups in total. The molecular formula is C8H4BrClIN. The fourth-order valence-corrected chi connectivity index (χ4v) is 1.96. The molecule has 1 nitrogen and oxygen atoms in total. The lowest BCUT2D eigenvalue weighted by Gasteiger charge is -2.01. The van der Waals surface area contributed by atoms with Crippen molar-refractivity contribution in [2.75, 3.05) is 0 Å². The highest BCUT2D eigenvalue weighted by molar-refractivity contribution is 14.1. The van der Waals surface area contributed by atoms with Crippen LogP contribution in [0.15, 0.2) is 12.1 Å². The zero-order valence-electron chi connectivity index (χ0n) is 5.94. The van der Waals surface area contributed by atoms with Crippen molar-refractivity contribution in [3.63, 3.8) is 0 Å². The highest BCUT2D eigenvalue weighted by atomic mass is 127. The van der Waals surface area contributed by atoms with E-state index in [-0.39, 0.29) is 0 Å². The van der Waals surface area contributed by atoms with E-state index in [9.17, 15) is 0 Å². The van der Waals surface area contributed by atoms with Gasteiger partial charge in [-0.1, -0.05) is 27.5 Å². The number of benzene rings is 1. The van der Waals surface area contributed by atoms with Crippen LogP contribution in [0.3, 0.4) is 0 Å². The number of hydrogen-bond donors (Lipinski definition) is 0. The van der Waals surface area contributed by atoms with Gasteiger partial charge in [-0.2, -0.15) is 5.26 Å². The number of halogens is 3. The van der Waals surface area contributed by atoms with Gasteiger partial charge in [-0.3, -0.25) is 0 Å². The van der Waals surface area contributed by atoms with Crippen molar-refractivity contribution < 1.29 is 0 Å². The highest BCUT2D eigenvalue weighted by Crippen LogP contribution is 2.24. The van der Waals surface area contributed by atoms with Crippen molar-refractivity contribution in [2.45, 2.75) is 5.33 Å². The van der Waals surface area contributed by atoms with Crippen LogP contribution in [0.5, 0.6) is 0 Å². The Labute approximate surface area is 98.0 Å². The van der Waals surface area contributed by atoms with Gasteiger partial charge in [0.25, 0.3) is 0 Å². The van der Waals surface area contributed by atoms with Crippen molar-refractivity contribution in [3.05, 3.63) is 31.9 Å². The summed E-state index contributed by atoms with van der Waals surface area (Å²) in [4.78, 5) is 0. The molecule has 4 heteroatoms. The number of nitrogens with zero attached hydrogens (tertiary/aromatic N) is 1. The third kappa shape index (κ3) is 2.12. The summed E-state index contributed by atoms with van der Waals surface area (Å²) in [6, 6.07) is 5.70. The summed E-state index contributed by atoms with van der Waals surface area (Å²) in [5.41, 5.74) is 1.61. The first-order valence-corrected chi connectivity index (χ1v) is 5.71. The minimum absolute atomic E-state index is 0.636. The normalized spacial score (nSPS) is 9.50. The molecule has 12 heavy (non-hydrogen) atoms. The quantitative estimate of drug-likeness (QED) is 0.556. The summed E-state index contributed by atoms with van der Waals surface area (Å²) < 4.78 is 0.975. The summed E-state index contributed by atoms with van der Waals surface area (Å²) in [5.74, 6) is 0. The van der Waals surface area contributed by atoms with Gasteiger partial charge in [0.05, 0.1) is 16.7 Å². The fraction of sp³-hybridized carbons (Fsp3) is 0.125. The Hall–Kier alpha value is 0.210. The molecule has 0 aromatic heterocycles. The minimum atomic E-state index is 0.636. The van der Waals surface area contributed by atoms with Crippen LogP contribution in [0.2, 0.25) is 5.02 Å². The summed E-state index contributed by atoms with van der Waals surface area (Å²) >= 11 is 11.3. The molecule has 1 aromatic carbocycles. The third-order valence-electron chi connectivity index (χ3n) is 1.41. The molecule has 0 amide bonds. The van der Waals surface area contributed by atoms with E-state index in [1.165, 1.54) is 0 Å². The Morgan fingerprint density at radius 3 is 2.75 bits per heavy atom. The maximum atomic E-state index is 8.73. The van der Waals surface area contributed by atoms with E-state index in [1.807, 2.05) is 6.07 Å². The Bertz CT molecular complexity index is 346. The summed E-state index contributed by atoms with van der Waals surface area (Å²) in [7, 11) is 0. The maximum Gasteiger partial charge on any atom is 0.0995 e. The molecule has 0 spiro atoms. The lowest BCUT2D eigenvalue weighted by atomic mass is 10.1. The van der Waals surface area contributed by atoms with E-state index < -0.39 is 0 Å². The molecule has 0 saturated carbocycles. The molecule has 62 valence electrons. The molecule has 0 bridgehead atoms. The lowest BCUT2D eigenvalue weighted by Crippen LogP contribution is -1.87. The van der Waals surface area contributed by atoms with Gasteiger partial charge in [0.2, 0.25) is 0 Å². The first kappa shape index (κ1) is 10.3. The van der Waals surface area contributed by atoms with E-state index in [0.29, 0.717) is 15.9 Å². The largest absolute Gasteiger partial charge is 0.192 e. The molecule has 0 aliphatic heterocycles. The number of rotatable bonds is 1. The Morgan fingerprint density at radius 1 is 1.58 bits per heavy atom. The minimum Gasteiger partial charge on any atom is -0.192 e. The third-order valence-corrected chi connectivity index (χ3v) is 3.54. The predicted molar refractivity (Wildman–Crippen MR) is 61.5 cm³/mol. The number of nitriles is 1. The van der Waals surface area contributed by atoms with Crippen LogP contribution in [0.25, 0.3) is 0 Å². The Kier molecular flexibility index (Phi) is 3.81. The molecule has 0 fully saturated rings. The van der Waals surface area contributed by atoms with Crippen molar-refractivity contribution in [3.8, 4) is 6.07 Å². The van der Waals surface area contributed by atoms with Crippen LogP contribution in [-0.2, 0) is 5.33 Å². The molecular weight excluding hydrogens is 352 g/mol. The van der Waals surface area contributed by atoms with E-state index in [0.717, 1.165) is 9.13 Å². The fourth-order valence-electron chi connectivity index (χ4n) is 0.803. The molecule has 0 saturated heterocycles. The van der Waals surface area contributed by atoms with Gasteiger partial charge < -0.3 is 0 Å². The van der Waals surface area contributed by atoms with Gasteiger partial charge in [-0.05, 0) is 40.3 Å². The summed E-state index contributed by atoms with van der Waals surface area (Å²) in [6.45, 7) is 0. The monoisotopic (exact) mass is 355 g/mol. The lowest BCUT2D eigenvalue weighted by molar-refractivity contribution is 1.36. The second kappa shape index (κ2) is 4.45. The average molecular weight is 356 g/mol. The van der Waals surface area contributed by atoms with Gasteiger partial charge in [0.1, 0.15) is 0 Å². The maximum absolute atomic E-state index is 8.73. The van der Waals surface area contributed by atoms with Crippen LogP contribution in [0.1, 0.15) is 11.1 Å². The van der Waals surface area contributed by atoms with Crippen LogP contribution in [0, 0.1) is 14.9 Å². The van der Waals surface area contributed by atoms with Crippen LogP contribution < -0.4 is 0 Å². The Morgan fingerprint density at radius 2 is 2.25 bits per heavy atom. The predicted octanol–water partition coefficient (Wildman–Crippen LogP) is 3.71. The standard InChI is InChI=1S/C8H4BrClIN/c9-3-5-2-8(11)7(10)1-6(5)4-12/h1-2H,3H2. The molecule has 0 aliphatic rings. The number of alkyl halides is 1. The second-order valence-electron chi connectivity index (χ2n) is 2.17. The SMILES string of the molecule is N#Cc1cc(Cl)c(I)cc1CBr. The van der Waals surface area contributed by atoms with E-state index in [2.05, 4.69) is 44.6 Å². The first-order valence-electron chi connectivity index (χ1n) is 3.13. The van der Waals surface area contributed by atoms with Gasteiger partial charge in [-0.25, -0.2) is 0 Å². The zero-order valence-corrected chi connectivity index (χ0v) is 10.4. The molecule has 0 unspecified atom stereocenters. The second-order valence-corrected chi connectivity index (χ2v) is 4.30. The van der Waals surface area contributed by atoms with E-state index in [1.54, 1.807) is 6.07 Å². The van der Waals surface area contributed by atoms with Crippen molar-refractivity contribution in [1.82, 2.24) is 0 Å². The van der Waals surface area contributed by atoms with E-state index in [4.69, 9.17) is 16.9 Å². The molecule has 1 aromatic rings. The van der Waals surface area contributed by atoms with Gasteiger partial charge in [-0.15, -0.1) is 0 Å². The summed E-state index contributed by atoms with van der Waals surface area (Å²) in [5, 5.41) is 10.1. The van der Waals surface area contributed by atoms with Crippen molar-refractivity contribution in [2.24, 2.45) is 0 Å². The van der Waals surface area contributed by atoms with Gasteiger partial charge >= 0.3 is 0 Å². The Balaban J connectivity index is 3.31. The average Bonchev–Trinajstić information content (AvgIpc) is 2.09. The van der Waals surface area contributed by atoms with Crippen molar-refractivity contribution in [1.29, 1.82) is 5.26 Å². The molecule has 0 aliphatic carbocycles. The molecule has 1 rings (SSSR count). The molecule has 0 radical (unpaired) electrons. The smallest absolute Gasteiger partial charge is 0.0995 e. The first-order chi connectivity index (χ1) is 5.69. The van der Waals surface area contributed by atoms with Crippen LogP contribution in [0.4, 0.5) is 0 Å².